The lowest BCUT2D eigenvalue weighted by Crippen LogP contribution is -2.30. The largest absolute Gasteiger partial charge is 0.456 e. The molecule has 3 heterocycles. The number of carbonyl (C=O) groups is 1. The fourth-order valence-corrected chi connectivity index (χ4v) is 3.70. The van der Waals surface area contributed by atoms with Gasteiger partial charge in [0.25, 0.3) is 5.56 Å². The van der Waals surface area contributed by atoms with Gasteiger partial charge in [-0.3, -0.25) is 14.3 Å². The third-order valence-electron chi connectivity index (χ3n) is 5.24. The number of esters is 1. The number of azide groups is 1. The lowest BCUT2D eigenvalue weighted by Gasteiger charge is -2.18. The van der Waals surface area contributed by atoms with E-state index in [1.165, 1.54) is 10.9 Å². The first-order valence-electron chi connectivity index (χ1n) is 9.75. The third-order valence-corrected chi connectivity index (χ3v) is 5.24. The molecule has 3 aromatic rings. The van der Waals surface area contributed by atoms with Crippen LogP contribution in [0.25, 0.3) is 21.6 Å². The first-order chi connectivity index (χ1) is 15.4. The van der Waals surface area contributed by atoms with Crippen LogP contribution >= 0.6 is 0 Å². The molecule has 0 spiro atoms. The molecule has 4 N–H and O–H groups in total. The molecule has 32 heavy (non-hydrogen) atoms. The van der Waals surface area contributed by atoms with Crippen molar-refractivity contribution in [3.63, 3.8) is 0 Å². The second kappa shape index (κ2) is 8.67. The molecule has 13 heteroatoms. The Morgan fingerprint density at radius 2 is 2.31 bits per heavy atom. The Hall–Kier alpha value is -3.93. The van der Waals surface area contributed by atoms with Crippen molar-refractivity contribution in [3.05, 3.63) is 62.5 Å². The van der Waals surface area contributed by atoms with Crippen LogP contribution in [0.15, 0.2) is 40.5 Å². The first kappa shape index (κ1) is 21.3. The third kappa shape index (κ3) is 3.87. The number of benzene rings is 1. The molecule has 4 rings (SSSR count). The summed E-state index contributed by atoms with van der Waals surface area (Å²) in [6.07, 6.45) is -0.710. The van der Waals surface area contributed by atoms with Crippen molar-refractivity contribution in [2.45, 2.75) is 37.8 Å². The number of fused-ring (bicyclic) bond motifs is 1. The predicted octanol–water partition coefficient (Wildman–Crippen LogP) is 1.58. The number of nitrogens with one attached hydrogen (secondary N) is 1. The molecule has 1 fully saturated rings. The number of imidazole rings is 1. The van der Waals surface area contributed by atoms with E-state index in [-0.39, 0.29) is 29.1 Å². The van der Waals surface area contributed by atoms with E-state index < -0.39 is 42.6 Å². The molecule has 2 aromatic heterocycles. The zero-order chi connectivity index (χ0) is 22.8. The number of hydrogen-bond donors (Lipinski definition) is 3. The number of aromatic nitrogens is 4. The molecule has 1 unspecified atom stereocenters. The summed E-state index contributed by atoms with van der Waals surface area (Å²) in [5.41, 5.74) is 14.9. The van der Waals surface area contributed by atoms with Crippen LogP contribution in [0.3, 0.4) is 0 Å². The Kier molecular flexibility index (Phi) is 5.77. The number of ether oxygens (including phenoxy) is 2. The summed E-state index contributed by atoms with van der Waals surface area (Å²) in [6, 6.07) is 6.08. The zero-order valence-corrected chi connectivity index (χ0v) is 17.0. The van der Waals surface area contributed by atoms with E-state index >= 15 is 0 Å². The fourth-order valence-electron chi connectivity index (χ4n) is 3.70. The average molecular weight is 440 g/mol. The van der Waals surface area contributed by atoms with Gasteiger partial charge in [0.1, 0.15) is 18.4 Å². The molecule has 1 aliphatic rings. The summed E-state index contributed by atoms with van der Waals surface area (Å²) in [7, 11) is 0. The van der Waals surface area contributed by atoms with Gasteiger partial charge in [-0.1, -0.05) is 30.2 Å². The van der Waals surface area contributed by atoms with Gasteiger partial charge in [0.05, 0.1) is 24.5 Å². The number of rotatable bonds is 6. The molecule has 0 bridgehead atoms. The zero-order valence-electron chi connectivity index (χ0n) is 17.0. The lowest BCUT2D eigenvalue weighted by atomic mass is 10.0. The molecular formula is C19H20N8O5. The number of carbonyl (C=O) groups excluding carboxylic acids is 1. The highest BCUT2D eigenvalue weighted by Crippen LogP contribution is 2.33. The van der Waals surface area contributed by atoms with E-state index in [0.29, 0.717) is 5.56 Å². The molecule has 1 aromatic carbocycles. The number of anilines is 1. The lowest BCUT2D eigenvalue weighted by molar-refractivity contribution is -0.0500. The number of aliphatic hydroxyl groups is 1. The van der Waals surface area contributed by atoms with Crippen LogP contribution in [0.1, 0.15) is 41.5 Å². The number of nitrogen functional groups attached to an aromatic ring is 1. The second-order valence-corrected chi connectivity index (χ2v) is 7.23. The minimum Gasteiger partial charge on any atom is -0.456 e. The van der Waals surface area contributed by atoms with Gasteiger partial charge in [0, 0.05) is 11.3 Å². The maximum atomic E-state index is 12.9. The van der Waals surface area contributed by atoms with E-state index in [1.54, 1.807) is 31.2 Å². The highest BCUT2D eigenvalue weighted by molar-refractivity contribution is 5.91. The Balaban J connectivity index is 1.58. The summed E-state index contributed by atoms with van der Waals surface area (Å²) in [4.78, 5) is 38.2. The van der Waals surface area contributed by atoms with Crippen LogP contribution < -0.4 is 11.3 Å². The molecule has 0 saturated carbocycles. The molecule has 0 aliphatic carbocycles. The number of nitrogens with two attached hydrogens (primary N) is 1. The van der Waals surface area contributed by atoms with Crippen molar-refractivity contribution in [2.24, 2.45) is 5.11 Å². The number of aliphatic hydroxyl groups excluding tert-OH is 1. The van der Waals surface area contributed by atoms with Crippen molar-refractivity contribution in [2.75, 3.05) is 12.3 Å². The molecule has 1 saturated heterocycles. The quantitative estimate of drug-likeness (QED) is 0.222. The Labute approximate surface area is 180 Å². The van der Waals surface area contributed by atoms with Crippen LogP contribution in [0.5, 0.6) is 0 Å². The number of hydrogen-bond acceptors (Lipinski definition) is 9. The molecule has 1 aliphatic heterocycles. The maximum absolute atomic E-state index is 12.9. The van der Waals surface area contributed by atoms with Crippen LogP contribution in [-0.4, -0.2) is 49.4 Å². The van der Waals surface area contributed by atoms with Gasteiger partial charge >= 0.3 is 5.97 Å². The molecular weight excluding hydrogens is 420 g/mol. The summed E-state index contributed by atoms with van der Waals surface area (Å²) < 4.78 is 13.0. The minimum atomic E-state index is -0.803. The summed E-state index contributed by atoms with van der Waals surface area (Å²) in [5, 5.41) is 13.4. The van der Waals surface area contributed by atoms with Gasteiger partial charge in [-0.2, -0.15) is 4.98 Å². The Morgan fingerprint density at radius 1 is 1.53 bits per heavy atom. The fraction of sp³-hybridized carbons (Fsp3) is 0.368. The molecule has 166 valence electrons. The maximum Gasteiger partial charge on any atom is 0.338 e. The topological polar surface area (TPSA) is 194 Å². The monoisotopic (exact) mass is 440 g/mol. The smallest absolute Gasteiger partial charge is 0.338 e. The van der Waals surface area contributed by atoms with Crippen molar-refractivity contribution in [1.82, 2.24) is 19.5 Å². The van der Waals surface area contributed by atoms with E-state index in [1.807, 2.05) is 0 Å². The summed E-state index contributed by atoms with van der Waals surface area (Å²) >= 11 is 0. The first-order valence-corrected chi connectivity index (χ1v) is 9.75. The van der Waals surface area contributed by atoms with Crippen molar-refractivity contribution in [1.29, 1.82) is 0 Å². The van der Waals surface area contributed by atoms with Gasteiger partial charge in [0.2, 0.25) is 5.95 Å². The van der Waals surface area contributed by atoms with E-state index in [0.717, 1.165) is 0 Å². The highest BCUT2D eigenvalue weighted by Gasteiger charge is 2.39. The van der Waals surface area contributed by atoms with Crippen LogP contribution in [-0.2, 0) is 9.47 Å². The van der Waals surface area contributed by atoms with Gasteiger partial charge in [-0.15, -0.1) is 0 Å². The van der Waals surface area contributed by atoms with Crippen molar-refractivity contribution in [3.8, 4) is 0 Å². The van der Waals surface area contributed by atoms with Gasteiger partial charge in [0.15, 0.2) is 11.2 Å². The predicted molar refractivity (Wildman–Crippen MR) is 111 cm³/mol. The molecule has 0 radical (unpaired) electrons. The molecule has 0 amide bonds. The normalized spacial score (nSPS) is 21.2. The van der Waals surface area contributed by atoms with Crippen molar-refractivity contribution >= 4 is 23.1 Å². The summed E-state index contributed by atoms with van der Waals surface area (Å²) in [6.45, 7) is 1.27. The second-order valence-electron chi connectivity index (χ2n) is 7.23. The molecule has 13 nitrogen and oxygen atoms in total. The van der Waals surface area contributed by atoms with Crippen molar-refractivity contribution < 1.29 is 19.4 Å². The van der Waals surface area contributed by atoms with E-state index in [9.17, 15) is 14.7 Å². The SMILES string of the molecule is CC(N=[N+]=[N-])c1ccccc1C(=O)O[C@@H]1C[C@H](n2cnc3c(=O)[nH]c(N)nc32)O[C@@H]1CO. The standard InChI is InChI=1S/C19H20N8O5/c1-9(25-26-21)10-4-2-3-5-11(10)18(30)32-12-6-14(31-13(12)7-28)27-8-22-15-16(27)23-19(20)24-17(15)29/h2-5,8-9,12-14,28H,6-7H2,1H3,(H3,20,23,24,29)/t9?,12-,13-,14-/m1/s1. The van der Waals surface area contributed by atoms with Gasteiger partial charge < -0.3 is 20.3 Å². The highest BCUT2D eigenvalue weighted by atomic mass is 16.6. The average Bonchev–Trinajstić information content (AvgIpc) is 3.37. The number of aromatic amines is 1. The van der Waals surface area contributed by atoms with E-state index in [4.69, 9.17) is 20.7 Å². The Bertz CT molecular complexity index is 1260. The van der Waals surface area contributed by atoms with Gasteiger partial charge in [-0.25, -0.2) is 9.78 Å². The summed E-state index contributed by atoms with van der Waals surface area (Å²) in [5.74, 6) is -0.711. The molecule has 4 atom stereocenters. The van der Waals surface area contributed by atoms with E-state index in [2.05, 4.69) is 25.0 Å². The van der Waals surface area contributed by atoms with Gasteiger partial charge in [-0.05, 0) is 17.2 Å². The number of H-pyrrole nitrogens is 1. The Morgan fingerprint density at radius 3 is 3.06 bits per heavy atom. The number of nitrogens with zero attached hydrogens (tertiary/aromatic N) is 6. The van der Waals surface area contributed by atoms with Crippen LogP contribution in [0, 0.1) is 0 Å². The van der Waals surface area contributed by atoms with Crippen LogP contribution in [0.4, 0.5) is 5.95 Å². The van der Waals surface area contributed by atoms with Crippen LogP contribution in [0.2, 0.25) is 0 Å². The minimum absolute atomic E-state index is 0.0744.